The predicted octanol–water partition coefficient (Wildman–Crippen LogP) is 6.50. The summed E-state index contributed by atoms with van der Waals surface area (Å²) < 4.78 is 44.5. The lowest BCUT2D eigenvalue weighted by molar-refractivity contribution is -0.163. The lowest BCUT2D eigenvalue weighted by Crippen LogP contribution is -2.51. The smallest absolute Gasteiger partial charge is 0.416 e. The molecule has 0 spiro atoms. The van der Waals surface area contributed by atoms with Gasteiger partial charge in [-0.2, -0.15) is 13.2 Å². The molecule has 1 N–H and O–H groups in total. The van der Waals surface area contributed by atoms with Crippen molar-refractivity contribution in [1.82, 2.24) is 0 Å². The number of benzene rings is 2. The minimum absolute atomic E-state index is 0.147. The lowest BCUT2D eigenvalue weighted by Gasteiger charge is -2.42. The third-order valence-electron chi connectivity index (χ3n) is 5.72. The molecule has 0 aromatic heterocycles. The molecule has 1 unspecified atom stereocenters. The van der Waals surface area contributed by atoms with E-state index in [0.717, 1.165) is 17.7 Å². The molecular weight excluding hydrogens is 393 g/mol. The van der Waals surface area contributed by atoms with Crippen LogP contribution in [0.3, 0.4) is 0 Å². The Morgan fingerprint density at radius 1 is 1.00 bits per heavy atom. The van der Waals surface area contributed by atoms with Crippen LogP contribution in [0.15, 0.2) is 48.2 Å². The summed E-state index contributed by atoms with van der Waals surface area (Å²) in [5.41, 5.74) is -0.100. The summed E-state index contributed by atoms with van der Waals surface area (Å²) in [6.45, 7) is 8.79. The largest absolute Gasteiger partial charge is 0.508 e. The topological polar surface area (TPSA) is 46.5 Å². The number of carbonyl (C=O) groups excluding carboxylic acids is 1. The number of alkyl halides is 3. The maximum atomic E-state index is 13.3. The van der Waals surface area contributed by atoms with Crippen LogP contribution in [0.1, 0.15) is 50.8 Å². The fourth-order valence-electron chi connectivity index (χ4n) is 3.74. The number of carbonyl (C=O) groups is 1. The molecule has 0 amide bonds. The van der Waals surface area contributed by atoms with Crippen LogP contribution in [0.4, 0.5) is 13.2 Å². The summed E-state index contributed by atoms with van der Waals surface area (Å²) in [5.74, 6) is -0.458. The number of hydrogen-bond donors (Lipinski definition) is 1. The van der Waals surface area contributed by atoms with Crippen LogP contribution in [0.25, 0.3) is 16.7 Å². The summed E-state index contributed by atoms with van der Waals surface area (Å²) in [6, 6.07) is 10.2. The standard InChI is InChI=1S/C24H25F3O3/c1-6-23(5)21(29)19(20(28)22(3,4)30-23)18-13-16(8-7-14(18)2)15-9-11-17(12-10-15)24(25,26)27/h7-13,28H,6H2,1-5H3. The molecule has 2 aromatic rings. The minimum atomic E-state index is -4.40. The van der Waals surface area contributed by atoms with Crippen LogP contribution in [0, 0.1) is 6.92 Å². The van der Waals surface area contributed by atoms with Gasteiger partial charge >= 0.3 is 6.18 Å². The Balaban J connectivity index is 2.14. The molecule has 0 aliphatic carbocycles. The van der Waals surface area contributed by atoms with Crippen molar-refractivity contribution in [2.45, 2.75) is 58.4 Å². The van der Waals surface area contributed by atoms with E-state index in [9.17, 15) is 23.1 Å². The highest BCUT2D eigenvalue weighted by atomic mass is 19.4. The van der Waals surface area contributed by atoms with Crippen LogP contribution < -0.4 is 0 Å². The van der Waals surface area contributed by atoms with Crippen LogP contribution in [-0.2, 0) is 15.7 Å². The highest BCUT2D eigenvalue weighted by molar-refractivity contribution is 6.26. The van der Waals surface area contributed by atoms with Crippen LogP contribution >= 0.6 is 0 Å². The van der Waals surface area contributed by atoms with Gasteiger partial charge in [-0.3, -0.25) is 4.79 Å². The fraction of sp³-hybridized carbons (Fsp3) is 0.375. The van der Waals surface area contributed by atoms with Crippen molar-refractivity contribution in [2.75, 3.05) is 0 Å². The van der Waals surface area contributed by atoms with Crippen molar-refractivity contribution in [3.8, 4) is 11.1 Å². The van der Waals surface area contributed by atoms with Gasteiger partial charge in [0, 0.05) is 0 Å². The monoisotopic (exact) mass is 418 g/mol. The molecule has 30 heavy (non-hydrogen) atoms. The van der Waals surface area contributed by atoms with Gasteiger partial charge in [-0.1, -0.05) is 31.2 Å². The van der Waals surface area contributed by atoms with Gasteiger partial charge in [0.2, 0.25) is 0 Å². The van der Waals surface area contributed by atoms with Crippen molar-refractivity contribution in [3.63, 3.8) is 0 Å². The molecule has 0 saturated carbocycles. The molecule has 3 rings (SSSR count). The number of hydrogen-bond acceptors (Lipinski definition) is 3. The average molecular weight is 418 g/mol. The van der Waals surface area contributed by atoms with E-state index in [0.29, 0.717) is 23.1 Å². The van der Waals surface area contributed by atoms with Crippen molar-refractivity contribution >= 4 is 11.4 Å². The van der Waals surface area contributed by atoms with Gasteiger partial charge in [0.1, 0.15) is 17.0 Å². The van der Waals surface area contributed by atoms with Gasteiger partial charge in [0.25, 0.3) is 0 Å². The van der Waals surface area contributed by atoms with Gasteiger partial charge in [-0.25, -0.2) is 0 Å². The Kier molecular flexibility index (Phi) is 5.35. The molecule has 0 fully saturated rings. The second-order valence-corrected chi connectivity index (χ2v) is 8.35. The Morgan fingerprint density at radius 3 is 2.10 bits per heavy atom. The molecule has 3 nitrogen and oxygen atoms in total. The summed E-state index contributed by atoms with van der Waals surface area (Å²) >= 11 is 0. The first-order valence-electron chi connectivity index (χ1n) is 9.77. The number of halogens is 3. The summed E-state index contributed by atoms with van der Waals surface area (Å²) in [5, 5.41) is 10.9. The molecule has 1 atom stereocenters. The number of Topliss-reactive ketones (excluding diaryl/α,β-unsaturated/α-hetero) is 1. The summed E-state index contributed by atoms with van der Waals surface area (Å²) in [6.07, 6.45) is -3.97. The van der Waals surface area contributed by atoms with E-state index in [1.54, 1.807) is 39.0 Å². The molecule has 0 bridgehead atoms. The van der Waals surface area contributed by atoms with Crippen molar-refractivity contribution < 1.29 is 27.8 Å². The normalized spacial score (nSPS) is 21.8. The van der Waals surface area contributed by atoms with Crippen LogP contribution in [0.2, 0.25) is 0 Å². The number of aliphatic hydroxyl groups is 1. The van der Waals surface area contributed by atoms with E-state index in [-0.39, 0.29) is 17.1 Å². The Bertz CT molecular complexity index is 1020. The van der Waals surface area contributed by atoms with E-state index in [4.69, 9.17) is 4.74 Å². The zero-order valence-electron chi connectivity index (χ0n) is 17.6. The first-order chi connectivity index (χ1) is 13.8. The number of rotatable bonds is 3. The third kappa shape index (κ3) is 3.76. The van der Waals surface area contributed by atoms with E-state index in [1.807, 2.05) is 13.8 Å². The highest BCUT2D eigenvalue weighted by Gasteiger charge is 2.48. The van der Waals surface area contributed by atoms with E-state index in [1.165, 1.54) is 12.1 Å². The fourth-order valence-corrected chi connectivity index (χ4v) is 3.74. The van der Waals surface area contributed by atoms with Gasteiger partial charge in [-0.15, -0.1) is 0 Å². The van der Waals surface area contributed by atoms with E-state index < -0.39 is 22.9 Å². The number of ether oxygens (including phenoxy) is 1. The number of aliphatic hydroxyl groups excluding tert-OH is 1. The number of aryl methyl sites for hydroxylation is 1. The SMILES string of the molecule is CCC1(C)OC(C)(C)C(O)=C(c2cc(-c3ccc(C(F)(F)F)cc3)ccc2C)C1=O. The molecule has 1 aliphatic rings. The maximum Gasteiger partial charge on any atom is 0.416 e. The summed E-state index contributed by atoms with van der Waals surface area (Å²) in [7, 11) is 0. The second-order valence-electron chi connectivity index (χ2n) is 8.35. The zero-order valence-corrected chi connectivity index (χ0v) is 17.6. The van der Waals surface area contributed by atoms with Gasteiger partial charge in [0.05, 0.1) is 11.1 Å². The van der Waals surface area contributed by atoms with Gasteiger partial charge < -0.3 is 9.84 Å². The Hall–Kier alpha value is -2.60. The van der Waals surface area contributed by atoms with Gasteiger partial charge in [0.15, 0.2) is 5.78 Å². The first-order valence-corrected chi connectivity index (χ1v) is 9.77. The summed E-state index contributed by atoms with van der Waals surface area (Å²) in [4.78, 5) is 13.3. The lowest BCUT2D eigenvalue weighted by atomic mass is 9.79. The molecule has 160 valence electrons. The maximum absolute atomic E-state index is 13.3. The number of ketones is 1. The second kappa shape index (κ2) is 7.27. The molecular formula is C24H25F3O3. The molecule has 2 aromatic carbocycles. The minimum Gasteiger partial charge on any atom is -0.508 e. The quantitative estimate of drug-likeness (QED) is 0.619. The van der Waals surface area contributed by atoms with Crippen molar-refractivity contribution in [1.29, 1.82) is 0 Å². The first kappa shape index (κ1) is 22.1. The Morgan fingerprint density at radius 2 is 1.57 bits per heavy atom. The van der Waals surface area contributed by atoms with Crippen molar-refractivity contribution in [2.24, 2.45) is 0 Å². The molecule has 0 radical (unpaired) electrons. The predicted molar refractivity (Wildman–Crippen MR) is 110 cm³/mol. The van der Waals surface area contributed by atoms with Crippen molar-refractivity contribution in [3.05, 3.63) is 64.9 Å². The van der Waals surface area contributed by atoms with E-state index >= 15 is 0 Å². The Labute approximate surface area is 174 Å². The van der Waals surface area contributed by atoms with Gasteiger partial charge in [-0.05, 0) is 74.6 Å². The molecule has 1 aliphatic heterocycles. The van der Waals surface area contributed by atoms with E-state index in [2.05, 4.69) is 0 Å². The third-order valence-corrected chi connectivity index (χ3v) is 5.72. The van der Waals surface area contributed by atoms with Crippen LogP contribution in [0.5, 0.6) is 0 Å². The average Bonchev–Trinajstić information content (AvgIpc) is 2.67. The zero-order chi connectivity index (χ0) is 22.5. The van der Waals surface area contributed by atoms with Crippen LogP contribution in [-0.4, -0.2) is 22.1 Å². The highest BCUT2D eigenvalue weighted by Crippen LogP contribution is 2.43. The molecule has 6 heteroatoms. The molecule has 1 heterocycles. The molecule has 0 saturated heterocycles.